The number of nitrogens with zero attached hydrogens (tertiary/aromatic N) is 2. The number of rotatable bonds is 11. The van der Waals surface area contributed by atoms with E-state index in [-0.39, 0.29) is 58.1 Å². The van der Waals surface area contributed by atoms with Crippen LogP contribution in [0.1, 0.15) is 29.4 Å². The zero-order valence-electron chi connectivity index (χ0n) is 16.1. The van der Waals surface area contributed by atoms with Crippen LogP contribution in [0.2, 0.25) is 0 Å². The van der Waals surface area contributed by atoms with Gasteiger partial charge in [-0.2, -0.15) is 0 Å². The third-order valence-corrected chi connectivity index (χ3v) is 4.04. The van der Waals surface area contributed by atoms with Gasteiger partial charge < -0.3 is 25.2 Å². The summed E-state index contributed by atoms with van der Waals surface area (Å²) < 4.78 is 11.5. The van der Waals surface area contributed by atoms with Crippen molar-refractivity contribution >= 4 is 23.8 Å². The van der Waals surface area contributed by atoms with Crippen LogP contribution >= 0.6 is 0 Å². The van der Waals surface area contributed by atoms with Gasteiger partial charge in [-0.3, -0.25) is 29.1 Å². The lowest BCUT2D eigenvalue weighted by molar-refractivity contribution is -0.135. The van der Waals surface area contributed by atoms with Crippen molar-refractivity contribution in [2.45, 2.75) is 18.9 Å². The molecule has 1 aromatic heterocycles. The molecule has 164 valence electrons. The highest BCUT2D eigenvalue weighted by Gasteiger charge is 2.29. The summed E-state index contributed by atoms with van der Waals surface area (Å²) in [5.74, 6) is -1.54. The largest absolute Gasteiger partial charge is 0.465 e. The van der Waals surface area contributed by atoms with E-state index in [4.69, 9.17) is 14.6 Å². The first kappa shape index (κ1) is 23.0. The quantitative estimate of drug-likeness (QED) is 0.236. The molecule has 30 heavy (non-hydrogen) atoms. The van der Waals surface area contributed by atoms with E-state index < -0.39 is 35.4 Å². The van der Waals surface area contributed by atoms with Crippen molar-refractivity contribution in [2.24, 2.45) is 0 Å². The fraction of sp³-hybridized carbons (Fsp3) is 0.529. The van der Waals surface area contributed by atoms with Gasteiger partial charge in [-0.1, -0.05) is 0 Å². The van der Waals surface area contributed by atoms with Gasteiger partial charge >= 0.3 is 6.09 Å². The van der Waals surface area contributed by atoms with Crippen LogP contribution in [0.25, 0.3) is 0 Å². The Bertz CT molecular complexity index is 840. The maximum atomic E-state index is 12.2. The molecule has 13 nitrogen and oxygen atoms in total. The first-order valence-electron chi connectivity index (χ1n) is 9.21. The Labute approximate surface area is 170 Å². The van der Waals surface area contributed by atoms with Gasteiger partial charge in [0.2, 0.25) is 11.8 Å². The van der Waals surface area contributed by atoms with E-state index in [0.717, 1.165) is 17.0 Å². The lowest BCUT2D eigenvalue weighted by atomic mass is 10.1. The molecule has 1 aromatic rings. The van der Waals surface area contributed by atoms with E-state index in [0.29, 0.717) is 0 Å². The molecule has 0 saturated carbocycles. The zero-order chi connectivity index (χ0) is 21.9. The van der Waals surface area contributed by atoms with Crippen LogP contribution in [-0.4, -0.2) is 78.0 Å². The van der Waals surface area contributed by atoms with Gasteiger partial charge in [0, 0.05) is 25.6 Å². The Morgan fingerprint density at radius 2 is 1.80 bits per heavy atom. The summed E-state index contributed by atoms with van der Waals surface area (Å²) in [6.45, 7) is 1.33. The summed E-state index contributed by atoms with van der Waals surface area (Å²) in [7, 11) is 0. The Balaban J connectivity index is 1.68. The van der Waals surface area contributed by atoms with Gasteiger partial charge in [0.05, 0.1) is 32.8 Å². The van der Waals surface area contributed by atoms with E-state index in [1.54, 1.807) is 0 Å². The van der Waals surface area contributed by atoms with Crippen molar-refractivity contribution in [1.29, 1.82) is 0 Å². The fourth-order valence-corrected chi connectivity index (χ4v) is 2.60. The van der Waals surface area contributed by atoms with E-state index in [1.807, 2.05) is 0 Å². The molecule has 2 rings (SSSR count). The molecule has 13 heteroatoms. The number of ether oxygens (including phenoxy) is 2. The summed E-state index contributed by atoms with van der Waals surface area (Å²) in [5.41, 5.74) is -0.673. The van der Waals surface area contributed by atoms with Crippen molar-refractivity contribution in [3.8, 4) is 0 Å². The number of hydrogen-bond acceptors (Lipinski definition) is 8. The summed E-state index contributed by atoms with van der Waals surface area (Å²) in [5, 5.41) is 15.2. The SMILES string of the molecule is O=C(O)NCCOCCOCCNC(=O)c1cc(=O)n(C2CCC(=O)NC2=O)cn1. The minimum absolute atomic E-state index is 0.0993. The van der Waals surface area contributed by atoms with Crippen LogP contribution in [-0.2, 0) is 19.1 Å². The highest BCUT2D eigenvalue weighted by Crippen LogP contribution is 2.15. The minimum Gasteiger partial charge on any atom is -0.465 e. The molecule has 0 radical (unpaired) electrons. The monoisotopic (exact) mass is 425 g/mol. The lowest BCUT2D eigenvalue weighted by Crippen LogP contribution is -2.44. The number of amides is 4. The van der Waals surface area contributed by atoms with Crippen molar-refractivity contribution in [3.63, 3.8) is 0 Å². The molecule has 2 heterocycles. The molecule has 0 spiro atoms. The second-order valence-corrected chi connectivity index (χ2v) is 6.20. The molecule has 1 fully saturated rings. The summed E-state index contributed by atoms with van der Waals surface area (Å²) in [6.07, 6.45) is 0.308. The topological polar surface area (TPSA) is 178 Å². The van der Waals surface area contributed by atoms with Crippen LogP contribution in [0, 0.1) is 0 Å². The summed E-state index contributed by atoms with van der Waals surface area (Å²) in [4.78, 5) is 61.5. The van der Waals surface area contributed by atoms with Crippen molar-refractivity contribution in [1.82, 2.24) is 25.5 Å². The second kappa shape index (κ2) is 11.6. The standard InChI is InChI=1S/C17H23N5O8/c23-13-2-1-12(16(26)21-13)22-10-20-11(9-14(22)24)15(25)18-3-5-29-7-8-30-6-4-19-17(27)28/h9-10,12,19H,1-8H2,(H,18,25)(H,27,28)(H,21,23,26). The van der Waals surface area contributed by atoms with Crippen LogP contribution in [0.15, 0.2) is 17.2 Å². The molecule has 1 aliphatic heterocycles. The van der Waals surface area contributed by atoms with Crippen molar-refractivity contribution in [3.05, 3.63) is 28.4 Å². The Hall–Kier alpha value is -3.32. The average molecular weight is 425 g/mol. The van der Waals surface area contributed by atoms with E-state index in [9.17, 15) is 24.0 Å². The maximum absolute atomic E-state index is 12.2. The van der Waals surface area contributed by atoms with Gasteiger partial charge in [-0.25, -0.2) is 9.78 Å². The number of hydrogen-bond donors (Lipinski definition) is 4. The van der Waals surface area contributed by atoms with Crippen molar-refractivity contribution < 1.29 is 33.8 Å². The third-order valence-electron chi connectivity index (χ3n) is 4.04. The number of nitrogens with one attached hydrogen (secondary N) is 3. The van der Waals surface area contributed by atoms with E-state index >= 15 is 0 Å². The number of carboxylic acid groups (broad SMARTS) is 1. The molecule has 0 aromatic carbocycles. The predicted molar refractivity (Wildman–Crippen MR) is 99.9 cm³/mol. The first-order chi connectivity index (χ1) is 14.4. The lowest BCUT2D eigenvalue weighted by Gasteiger charge is -2.22. The second-order valence-electron chi connectivity index (χ2n) is 6.20. The normalized spacial score (nSPS) is 16.1. The average Bonchev–Trinajstić information content (AvgIpc) is 2.69. The molecular formula is C17H23N5O8. The minimum atomic E-state index is -1.12. The summed E-state index contributed by atoms with van der Waals surface area (Å²) in [6, 6.07) is 0.189. The molecule has 1 saturated heterocycles. The molecule has 1 unspecified atom stereocenters. The molecule has 1 atom stereocenters. The van der Waals surface area contributed by atoms with Crippen LogP contribution < -0.4 is 21.5 Å². The Morgan fingerprint density at radius 1 is 1.13 bits per heavy atom. The summed E-state index contributed by atoms with van der Waals surface area (Å²) >= 11 is 0. The molecule has 4 N–H and O–H groups in total. The van der Waals surface area contributed by atoms with Gasteiger partial charge in [0.25, 0.3) is 11.5 Å². The van der Waals surface area contributed by atoms with Gasteiger partial charge in [-0.15, -0.1) is 0 Å². The fourth-order valence-electron chi connectivity index (χ4n) is 2.60. The van der Waals surface area contributed by atoms with Crippen LogP contribution in [0.3, 0.4) is 0 Å². The predicted octanol–water partition coefficient (Wildman–Crippen LogP) is -1.75. The molecule has 0 bridgehead atoms. The number of carbonyl (C=O) groups excluding carboxylic acids is 3. The van der Waals surface area contributed by atoms with Gasteiger partial charge in [0.15, 0.2) is 0 Å². The molecule has 1 aliphatic rings. The van der Waals surface area contributed by atoms with Crippen LogP contribution in [0.5, 0.6) is 0 Å². The van der Waals surface area contributed by atoms with Crippen molar-refractivity contribution in [2.75, 3.05) is 39.5 Å². The Kier molecular flexibility index (Phi) is 8.90. The van der Waals surface area contributed by atoms with Gasteiger partial charge in [0.1, 0.15) is 11.7 Å². The smallest absolute Gasteiger partial charge is 0.404 e. The molecule has 0 aliphatic carbocycles. The highest BCUT2D eigenvalue weighted by atomic mass is 16.5. The van der Waals surface area contributed by atoms with E-state index in [1.165, 1.54) is 0 Å². The number of imide groups is 1. The zero-order valence-corrected chi connectivity index (χ0v) is 16.1. The van der Waals surface area contributed by atoms with E-state index in [2.05, 4.69) is 20.9 Å². The maximum Gasteiger partial charge on any atom is 0.404 e. The van der Waals surface area contributed by atoms with Crippen LogP contribution in [0.4, 0.5) is 4.79 Å². The molecular weight excluding hydrogens is 402 g/mol. The van der Waals surface area contributed by atoms with Gasteiger partial charge in [-0.05, 0) is 6.42 Å². The Morgan fingerprint density at radius 3 is 2.40 bits per heavy atom. The highest BCUT2D eigenvalue weighted by molar-refractivity contribution is 5.99. The molecule has 4 amide bonds. The number of piperidine rings is 1. The number of aromatic nitrogens is 2. The number of carbonyl (C=O) groups is 4. The third kappa shape index (κ3) is 7.25. The first-order valence-corrected chi connectivity index (χ1v) is 9.21.